The summed E-state index contributed by atoms with van der Waals surface area (Å²) in [6, 6.07) is 12.1. The van der Waals surface area contributed by atoms with Gasteiger partial charge in [0.25, 0.3) is 0 Å². The fourth-order valence-corrected chi connectivity index (χ4v) is 3.09. The SMILES string of the molecule is Cc1ccnc(NC(=S)N[C@@H]2CC(C)(C)Oc3ccccc32)c1. The Hall–Kier alpha value is -2.14. The molecule has 1 aliphatic heterocycles. The molecule has 0 spiro atoms. The molecular formula is C18H21N3OS. The number of nitrogens with one attached hydrogen (secondary N) is 2. The van der Waals surface area contributed by atoms with Crippen molar-refractivity contribution in [1.82, 2.24) is 10.3 Å². The molecule has 0 bridgehead atoms. The second-order valence-corrected chi connectivity index (χ2v) is 6.88. The van der Waals surface area contributed by atoms with Gasteiger partial charge in [-0.1, -0.05) is 18.2 Å². The molecule has 0 fully saturated rings. The van der Waals surface area contributed by atoms with Gasteiger partial charge in [0.05, 0.1) is 6.04 Å². The Morgan fingerprint density at radius 1 is 1.30 bits per heavy atom. The molecule has 4 nitrogen and oxygen atoms in total. The van der Waals surface area contributed by atoms with Gasteiger partial charge in [-0.3, -0.25) is 0 Å². The monoisotopic (exact) mass is 327 g/mol. The molecule has 23 heavy (non-hydrogen) atoms. The molecule has 2 aromatic rings. The Balaban J connectivity index is 1.75. The molecule has 1 atom stereocenters. The van der Waals surface area contributed by atoms with Gasteiger partial charge in [-0.15, -0.1) is 0 Å². The van der Waals surface area contributed by atoms with E-state index in [-0.39, 0.29) is 11.6 Å². The van der Waals surface area contributed by atoms with Crippen LogP contribution in [0.3, 0.4) is 0 Å². The van der Waals surface area contributed by atoms with Crippen LogP contribution in [0.4, 0.5) is 5.82 Å². The molecule has 2 N–H and O–H groups in total. The molecule has 0 aliphatic carbocycles. The van der Waals surface area contributed by atoms with E-state index in [0.29, 0.717) is 5.11 Å². The van der Waals surface area contributed by atoms with Gasteiger partial charge in [-0.2, -0.15) is 0 Å². The zero-order valence-electron chi connectivity index (χ0n) is 13.6. The standard InChI is InChI=1S/C18H21N3OS/c1-12-8-9-19-16(10-12)21-17(23)20-14-11-18(2,3)22-15-7-5-4-6-13(14)15/h4-10,14H,11H2,1-3H3,(H2,19,20,21,23)/t14-/m1/s1. The van der Waals surface area contributed by atoms with E-state index in [9.17, 15) is 0 Å². The molecule has 0 saturated carbocycles. The van der Waals surface area contributed by atoms with Crippen LogP contribution >= 0.6 is 12.2 Å². The van der Waals surface area contributed by atoms with Crippen molar-refractivity contribution in [3.05, 3.63) is 53.7 Å². The Bertz CT molecular complexity index is 730. The van der Waals surface area contributed by atoms with Crippen LogP contribution in [0.2, 0.25) is 0 Å². The Kier molecular flexibility index (Phi) is 4.22. The average molecular weight is 327 g/mol. The molecular weight excluding hydrogens is 306 g/mol. The number of fused-ring (bicyclic) bond motifs is 1. The van der Waals surface area contributed by atoms with Crippen LogP contribution in [0.5, 0.6) is 5.75 Å². The first-order chi connectivity index (χ1) is 10.9. The quantitative estimate of drug-likeness (QED) is 0.817. The fraction of sp³-hybridized carbons (Fsp3) is 0.333. The summed E-state index contributed by atoms with van der Waals surface area (Å²) in [4.78, 5) is 4.28. The van der Waals surface area contributed by atoms with Gasteiger partial charge in [0.15, 0.2) is 5.11 Å². The average Bonchev–Trinajstić information content (AvgIpc) is 2.46. The molecule has 0 radical (unpaired) electrons. The van der Waals surface area contributed by atoms with Crippen LogP contribution < -0.4 is 15.4 Å². The highest BCUT2D eigenvalue weighted by atomic mass is 32.1. The number of thiocarbonyl (C=S) groups is 1. The summed E-state index contributed by atoms with van der Waals surface area (Å²) in [7, 11) is 0. The van der Waals surface area contributed by atoms with E-state index < -0.39 is 0 Å². The van der Waals surface area contributed by atoms with Gasteiger partial charge in [0.1, 0.15) is 17.2 Å². The predicted octanol–water partition coefficient (Wildman–Crippen LogP) is 3.98. The summed E-state index contributed by atoms with van der Waals surface area (Å²) in [6.07, 6.45) is 2.61. The van der Waals surface area contributed by atoms with Gasteiger partial charge in [0.2, 0.25) is 0 Å². The van der Waals surface area contributed by atoms with Crippen LogP contribution in [-0.4, -0.2) is 15.7 Å². The molecule has 3 rings (SSSR count). The van der Waals surface area contributed by atoms with Crippen LogP contribution in [0.15, 0.2) is 42.6 Å². The molecule has 0 unspecified atom stereocenters. The third-order valence-electron chi connectivity index (χ3n) is 3.84. The van der Waals surface area contributed by atoms with E-state index in [1.54, 1.807) is 6.20 Å². The number of aromatic nitrogens is 1. The minimum atomic E-state index is -0.233. The lowest BCUT2D eigenvalue weighted by atomic mass is 9.90. The van der Waals surface area contributed by atoms with E-state index in [0.717, 1.165) is 29.1 Å². The largest absolute Gasteiger partial charge is 0.487 e. The number of anilines is 1. The molecule has 0 saturated heterocycles. The topological polar surface area (TPSA) is 46.2 Å². The second-order valence-electron chi connectivity index (χ2n) is 6.47. The van der Waals surface area contributed by atoms with Crippen LogP contribution in [0.25, 0.3) is 0 Å². The number of benzene rings is 1. The lowest BCUT2D eigenvalue weighted by Crippen LogP contribution is -2.42. The van der Waals surface area contributed by atoms with E-state index >= 15 is 0 Å². The van der Waals surface area contributed by atoms with Crippen molar-refractivity contribution in [2.75, 3.05) is 5.32 Å². The molecule has 120 valence electrons. The first-order valence-electron chi connectivity index (χ1n) is 7.71. The summed E-state index contributed by atoms with van der Waals surface area (Å²) >= 11 is 5.46. The number of hydrogen-bond acceptors (Lipinski definition) is 3. The van der Waals surface area contributed by atoms with Crippen LogP contribution in [0.1, 0.15) is 37.4 Å². The summed E-state index contributed by atoms with van der Waals surface area (Å²) in [5.41, 5.74) is 2.04. The number of hydrogen-bond donors (Lipinski definition) is 2. The summed E-state index contributed by atoms with van der Waals surface area (Å²) in [6.45, 7) is 6.22. The maximum Gasteiger partial charge on any atom is 0.172 e. The lowest BCUT2D eigenvalue weighted by molar-refractivity contribution is 0.0697. The Labute approximate surface area is 142 Å². The fourth-order valence-electron chi connectivity index (χ4n) is 2.85. The van der Waals surface area contributed by atoms with Crippen molar-refractivity contribution in [3.8, 4) is 5.75 Å². The summed E-state index contributed by atoms with van der Waals surface area (Å²) in [5, 5.41) is 7.13. The number of nitrogens with zero attached hydrogens (tertiary/aromatic N) is 1. The number of rotatable bonds is 2. The first-order valence-corrected chi connectivity index (χ1v) is 8.12. The highest BCUT2D eigenvalue weighted by Crippen LogP contribution is 2.39. The van der Waals surface area contributed by atoms with E-state index in [2.05, 4.69) is 35.5 Å². The molecule has 2 heterocycles. The number of ether oxygens (including phenoxy) is 1. The number of pyridine rings is 1. The lowest BCUT2D eigenvalue weighted by Gasteiger charge is -2.38. The van der Waals surface area contributed by atoms with Gasteiger partial charge in [0, 0.05) is 18.2 Å². The normalized spacial score (nSPS) is 18.5. The van der Waals surface area contributed by atoms with E-state index in [4.69, 9.17) is 17.0 Å². The van der Waals surface area contributed by atoms with Crippen molar-refractivity contribution in [2.45, 2.75) is 38.8 Å². The number of para-hydroxylation sites is 1. The minimum absolute atomic E-state index is 0.111. The third kappa shape index (κ3) is 3.79. The molecule has 5 heteroatoms. The van der Waals surface area contributed by atoms with Crippen molar-refractivity contribution >= 4 is 23.1 Å². The van der Waals surface area contributed by atoms with Gasteiger partial charge < -0.3 is 15.4 Å². The van der Waals surface area contributed by atoms with E-state index in [1.165, 1.54) is 0 Å². The molecule has 1 aliphatic rings. The van der Waals surface area contributed by atoms with Crippen LogP contribution in [-0.2, 0) is 0 Å². The van der Waals surface area contributed by atoms with Crippen molar-refractivity contribution in [3.63, 3.8) is 0 Å². The molecule has 0 amide bonds. The maximum atomic E-state index is 6.05. The summed E-state index contributed by atoms with van der Waals surface area (Å²) in [5.74, 6) is 1.67. The van der Waals surface area contributed by atoms with Crippen molar-refractivity contribution in [1.29, 1.82) is 0 Å². The van der Waals surface area contributed by atoms with Crippen molar-refractivity contribution < 1.29 is 4.74 Å². The van der Waals surface area contributed by atoms with Gasteiger partial charge in [-0.05, 0) is 56.8 Å². The molecule has 1 aromatic carbocycles. The van der Waals surface area contributed by atoms with Crippen molar-refractivity contribution in [2.24, 2.45) is 0 Å². The maximum absolute atomic E-state index is 6.05. The number of aryl methyl sites for hydroxylation is 1. The summed E-state index contributed by atoms with van der Waals surface area (Å²) < 4.78 is 6.05. The second kappa shape index (κ2) is 6.16. The minimum Gasteiger partial charge on any atom is -0.487 e. The Morgan fingerprint density at radius 3 is 2.87 bits per heavy atom. The Morgan fingerprint density at radius 2 is 2.09 bits per heavy atom. The highest BCUT2D eigenvalue weighted by molar-refractivity contribution is 7.80. The van der Waals surface area contributed by atoms with Gasteiger partial charge in [-0.25, -0.2) is 4.98 Å². The van der Waals surface area contributed by atoms with Gasteiger partial charge >= 0.3 is 0 Å². The zero-order chi connectivity index (χ0) is 16.4. The molecule has 1 aromatic heterocycles. The smallest absolute Gasteiger partial charge is 0.172 e. The zero-order valence-corrected chi connectivity index (χ0v) is 14.4. The third-order valence-corrected chi connectivity index (χ3v) is 4.06. The highest BCUT2D eigenvalue weighted by Gasteiger charge is 2.33. The van der Waals surface area contributed by atoms with Crippen LogP contribution in [0, 0.1) is 6.92 Å². The predicted molar refractivity (Wildman–Crippen MR) is 96.8 cm³/mol. The van der Waals surface area contributed by atoms with E-state index in [1.807, 2.05) is 37.3 Å². The first kappa shape index (κ1) is 15.7.